The summed E-state index contributed by atoms with van der Waals surface area (Å²) < 4.78 is 37.4. The zero-order valence-electron chi connectivity index (χ0n) is 9.15. The minimum atomic E-state index is -4.43. The van der Waals surface area contributed by atoms with Gasteiger partial charge >= 0.3 is 6.18 Å². The molecule has 18 heavy (non-hydrogen) atoms. The number of benzene rings is 1. The Morgan fingerprint density at radius 3 is 2.33 bits per heavy atom. The third-order valence-corrected chi connectivity index (χ3v) is 3.38. The van der Waals surface area contributed by atoms with E-state index in [-0.39, 0.29) is 16.5 Å². The minimum Gasteiger partial charge on any atom is -0.390 e. The average Bonchev–Trinajstić information content (AvgIpc) is 2.27. The van der Waals surface area contributed by atoms with Crippen LogP contribution in [-0.2, 0) is 6.18 Å². The molecule has 0 fully saturated rings. The molecule has 0 heterocycles. The van der Waals surface area contributed by atoms with Gasteiger partial charge in [0.15, 0.2) is 0 Å². The minimum absolute atomic E-state index is 0.114. The molecular formula is C11H12BrF3O2S. The Morgan fingerprint density at radius 1 is 1.28 bits per heavy atom. The summed E-state index contributed by atoms with van der Waals surface area (Å²) in [7, 11) is 0. The number of thiol groups is 1. The number of hydrogen-bond acceptors (Lipinski definition) is 3. The van der Waals surface area contributed by atoms with Crippen molar-refractivity contribution in [3.63, 3.8) is 0 Å². The fourth-order valence-electron chi connectivity index (χ4n) is 1.44. The summed E-state index contributed by atoms with van der Waals surface area (Å²) in [5, 5.41) is 19.4. The Kier molecular flexibility index (Phi) is 5.51. The van der Waals surface area contributed by atoms with E-state index in [0.29, 0.717) is 5.75 Å². The molecule has 0 spiro atoms. The van der Waals surface area contributed by atoms with Gasteiger partial charge in [0.05, 0.1) is 11.7 Å². The Bertz CT molecular complexity index is 412. The van der Waals surface area contributed by atoms with Gasteiger partial charge in [-0.1, -0.05) is 22.0 Å². The molecule has 0 aliphatic heterocycles. The van der Waals surface area contributed by atoms with Gasteiger partial charge in [0.2, 0.25) is 0 Å². The highest BCUT2D eigenvalue weighted by atomic mass is 79.9. The number of halogens is 4. The Morgan fingerprint density at radius 2 is 1.89 bits per heavy atom. The average molecular weight is 345 g/mol. The van der Waals surface area contributed by atoms with Crippen molar-refractivity contribution in [2.45, 2.75) is 24.8 Å². The van der Waals surface area contributed by atoms with Crippen molar-refractivity contribution in [3.8, 4) is 0 Å². The van der Waals surface area contributed by atoms with Crippen LogP contribution >= 0.6 is 28.6 Å². The second-order valence-corrected chi connectivity index (χ2v) is 5.06. The first-order valence-electron chi connectivity index (χ1n) is 5.11. The van der Waals surface area contributed by atoms with Crippen LogP contribution in [0.25, 0.3) is 0 Å². The maximum Gasteiger partial charge on any atom is 0.416 e. The van der Waals surface area contributed by atoms with Gasteiger partial charge in [0.25, 0.3) is 0 Å². The molecule has 0 radical (unpaired) electrons. The van der Waals surface area contributed by atoms with Crippen LogP contribution < -0.4 is 0 Å². The van der Waals surface area contributed by atoms with Crippen LogP contribution in [0.3, 0.4) is 0 Å². The van der Waals surface area contributed by atoms with E-state index < -0.39 is 23.9 Å². The summed E-state index contributed by atoms with van der Waals surface area (Å²) in [6.07, 6.45) is -6.49. The molecule has 0 bridgehead atoms. The molecule has 1 rings (SSSR count). The first-order valence-corrected chi connectivity index (χ1v) is 6.53. The molecule has 0 saturated heterocycles. The molecule has 1 aromatic carbocycles. The monoisotopic (exact) mass is 344 g/mol. The van der Waals surface area contributed by atoms with Crippen molar-refractivity contribution in [1.29, 1.82) is 0 Å². The highest BCUT2D eigenvalue weighted by molar-refractivity contribution is 9.10. The van der Waals surface area contributed by atoms with Crippen molar-refractivity contribution < 1.29 is 23.4 Å². The number of aliphatic hydroxyl groups excluding tert-OH is 2. The zero-order chi connectivity index (χ0) is 13.9. The van der Waals surface area contributed by atoms with Crippen LogP contribution in [-0.4, -0.2) is 22.1 Å². The predicted molar refractivity (Wildman–Crippen MR) is 68.6 cm³/mol. The van der Waals surface area contributed by atoms with Crippen LogP contribution in [0.1, 0.15) is 23.7 Å². The lowest BCUT2D eigenvalue weighted by molar-refractivity contribution is -0.137. The van der Waals surface area contributed by atoms with E-state index >= 15 is 0 Å². The van der Waals surface area contributed by atoms with E-state index in [4.69, 9.17) is 0 Å². The summed E-state index contributed by atoms with van der Waals surface area (Å²) in [5.74, 6) is 0.372. The lowest BCUT2D eigenvalue weighted by Gasteiger charge is -2.19. The lowest BCUT2D eigenvalue weighted by atomic mass is 10.0. The third kappa shape index (κ3) is 3.88. The van der Waals surface area contributed by atoms with Crippen LogP contribution in [0, 0.1) is 0 Å². The predicted octanol–water partition coefficient (Wildman–Crippen LogP) is 3.18. The van der Waals surface area contributed by atoms with Crippen LogP contribution in [0.15, 0.2) is 22.7 Å². The van der Waals surface area contributed by atoms with E-state index in [1.165, 1.54) is 0 Å². The summed E-state index contributed by atoms with van der Waals surface area (Å²) >= 11 is 6.88. The topological polar surface area (TPSA) is 40.5 Å². The van der Waals surface area contributed by atoms with Gasteiger partial charge in [-0.25, -0.2) is 0 Å². The van der Waals surface area contributed by atoms with E-state index in [2.05, 4.69) is 28.6 Å². The van der Waals surface area contributed by atoms with Crippen molar-refractivity contribution in [3.05, 3.63) is 33.8 Å². The van der Waals surface area contributed by atoms with Crippen molar-refractivity contribution >= 4 is 28.6 Å². The number of aliphatic hydroxyl groups is 2. The molecule has 0 aromatic heterocycles. The summed E-state index contributed by atoms with van der Waals surface area (Å²) in [4.78, 5) is 0. The first-order chi connectivity index (χ1) is 8.27. The van der Waals surface area contributed by atoms with E-state index in [1.54, 1.807) is 0 Å². The molecule has 1 aromatic rings. The van der Waals surface area contributed by atoms with Crippen molar-refractivity contribution in [2.24, 2.45) is 0 Å². The Labute approximate surface area is 116 Å². The third-order valence-electron chi connectivity index (χ3n) is 2.44. The first kappa shape index (κ1) is 15.8. The van der Waals surface area contributed by atoms with Gasteiger partial charge in [-0.3, -0.25) is 0 Å². The quantitative estimate of drug-likeness (QED) is 0.734. The highest BCUT2D eigenvalue weighted by Gasteiger charge is 2.31. The lowest BCUT2D eigenvalue weighted by Crippen LogP contribution is -2.19. The second-order valence-electron chi connectivity index (χ2n) is 3.76. The standard InChI is InChI=1S/C11H12BrF3O2S/c12-8-5-6(11(13,14)15)1-2-7(8)10(17)9(16)3-4-18/h1-2,5,9-10,16-18H,3-4H2. The molecule has 0 aliphatic rings. The zero-order valence-corrected chi connectivity index (χ0v) is 11.6. The summed E-state index contributed by atoms with van der Waals surface area (Å²) in [6, 6.07) is 2.90. The van der Waals surface area contributed by atoms with Crippen molar-refractivity contribution in [2.75, 3.05) is 5.75 Å². The molecule has 0 amide bonds. The molecule has 0 saturated carbocycles. The number of rotatable bonds is 4. The molecule has 102 valence electrons. The van der Waals surface area contributed by atoms with Gasteiger partial charge in [-0.05, 0) is 29.9 Å². The second kappa shape index (κ2) is 6.27. The highest BCUT2D eigenvalue weighted by Crippen LogP contribution is 2.34. The maximum absolute atomic E-state index is 12.4. The molecule has 0 aliphatic carbocycles. The molecule has 2 atom stereocenters. The number of alkyl halides is 3. The van der Waals surface area contributed by atoms with E-state index in [9.17, 15) is 23.4 Å². The van der Waals surface area contributed by atoms with Gasteiger partial charge < -0.3 is 10.2 Å². The van der Waals surface area contributed by atoms with Crippen LogP contribution in [0.5, 0.6) is 0 Å². The van der Waals surface area contributed by atoms with E-state index in [0.717, 1.165) is 18.2 Å². The number of hydrogen-bond donors (Lipinski definition) is 3. The molecule has 2 unspecified atom stereocenters. The van der Waals surface area contributed by atoms with Crippen LogP contribution in [0.2, 0.25) is 0 Å². The Hall–Kier alpha value is -0.240. The molecule has 2 nitrogen and oxygen atoms in total. The fraction of sp³-hybridized carbons (Fsp3) is 0.455. The molecule has 7 heteroatoms. The smallest absolute Gasteiger partial charge is 0.390 e. The van der Waals surface area contributed by atoms with Gasteiger partial charge in [-0.15, -0.1) is 0 Å². The summed E-state index contributed by atoms with van der Waals surface area (Å²) in [6.45, 7) is 0. The van der Waals surface area contributed by atoms with Crippen LogP contribution in [0.4, 0.5) is 13.2 Å². The van der Waals surface area contributed by atoms with Gasteiger partial charge in [0.1, 0.15) is 6.10 Å². The largest absolute Gasteiger partial charge is 0.416 e. The maximum atomic E-state index is 12.4. The molecule has 2 N–H and O–H groups in total. The van der Waals surface area contributed by atoms with Gasteiger partial charge in [-0.2, -0.15) is 25.8 Å². The Balaban J connectivity index is 2.99. The SMILES string of the molecule is OC(CCS)C(O)c1ccc(C(F)(F)F)cc1Br. The fourth-order valence-corrected chi connectivity index (χ4v) is 2.32. The van der Waals surface area contributed by atoms with Gasteiger partial charge in [0, 0.05) is 4.47 Å². The van der Waals surface area contributed by atoms with Crippen molar-refractivity contribution in [1.82, 2.24) is 0 Å². The van der Waals surface area contributed by atoms with E-state index in [1.807, 2.05) is 0 Å². The summed E-state index contributed by atoms with van der Waals surface area (Å²) in [5.41, 5.74) is -0.591. The molecular weight excluding hydrogens is 333 g/mol. The normalized spacial score (nSPS) is 15.5.